The van der Waals surface area contributed by atoms with Crippen molar-refractivity contribution >= 4 is 22.6 Å². The van der Waals surface area contributed by atoms with E-state index in [-0.39, 0.29) is 24.0 Å². The van der Waals surface area contributed by atoms with Crippen molar-refractivity contribution in [3.63, 3.8) is 0 Å². The van der Waals surface area contributed by atoms with Crippen LogP contribution in [0.1, 0.15) is 27.9 Å². The standard InChI is InChI=1S/C26H29N3O3/c1-27-25(30)24-14-22(28-15-18-10-12-20(13-11-18)26(31)32-2)17-29(24)16-21-8-5-7-19-6-3-4-9-23(19)21/h3-13,22,24,28H,14-17H2,1-2H3,(H,27,30)/t22-,24-/m0/s1. The van der Waals surface area contributed by atoms with E-state index >= 15 is 0 Å². The molecule has 1 fully saturated rings. The summed E-state index contributed by atoms with van der Waals surface area (Å²) in [5.41, 5.74) is 2.86. The smallest absolute Gasteiger partial charge is 0.337 e. The largest absolute Gasteiger partial charge is 0.465 e. The number of methoxy groups -OCH3 is 1. The van der Waals surface area contributed by atoms with Crippen LogP contribution in [0.4, 0.5) is 0 Å². The Morgan fingerprint density at radius 1 is 1.03 bits per heavy atom. The third-order valence-corrected chi connectivity index (χ3v) is 6.18. The predicted molar refractivity (Wildman–Crippen MR) is 125 cm³/mol. The number of rotatable bonds is 7. The molecule has 6 heteroatoms. The summed E-state index contributed by atoms with van der Waals surface area (Å²) in [5.74, 6) is -0.283. The molecular formula is C26H29N3O3. The first-order chi connectivity index (χ1) is 15.6. The molecule has 0 saturated carbocycles. The van der Waals surface area contributed by atoms with Crippen LogP contribution in [-0.4, -0.2) is 49.6 Å². The summed E-state index contributed by atoms with van der Waals surface area (Å²) < 4.78 is 4.75. The van der Waals surface area contributed by atoms with Gasteiger partial charge in [0, 0.05) is 32.7 Å². The molecule has 0 radical (unpaired) electrons. The summed E-state index contributed by atoms with van der Waals surface area (Å²) in [4.78, 5) is 26.5. The van der Waals surface area contributed by atoms with Crippen molar-refractivity contribution in [2.24, 2.45) is 0 Å². The number of ether oxygens (including phenoxy) is 1. The zero-order valence-corrected chi connectivity index (χ0v) is 18.5. The van der Waals surface area contributed by atoms with Gasteiger partial charge in [-0.05, 0) is 40.5 Å². The first kappa shape index (κ1) is 22.0. The van der Waals surface area contributed by atoms with Gasteiger partial charge in [-0.2, -0.15) is 0 Å². The quantitative estimate of drug-likeness (QED) is 0.563. The number of carbonyl (C=O) groups is 2. The Morgan fingerprint density at radius 3 is 2.53 bits per heavy atom. The lowest BCUT2D eigenvalue weighted by atomic mass is 10.0. The molecule has 3 aromatic carbocycles. The Kier molecular flexibility index (Phi) is 6.83. The summed E-state index contributed by atoms with van der Waals surface area (Å²) in [6, 6.07) is 22.2. The van der Waals surface area contributed by atoms with E-state index in [1.807, 2.05) is 18.2 Å². The second-order valence-electron chi connectivity index (χ2n) is 8.20. The molecule has 0 spiro atoms. The van der Waals surface area contributed by atoms with Gasteiger partial charge in [0.2, 0.25) is 5.91 Å². The molecule has 4 rings (SSSR count). The monoisotopic (exact) mass is 431 g/mol. The maximum absolute atomic E-state index is 12.6. The van der Waals surface area contributed by atoms with Crippen LogP contribution in [0.15, 0.2) is 66.7 Å². The maximum Gasteiger partial charge on any atom is 0.337 e. The van der Waals surface area contributed by atoms with Crippen molar-refractivity contribution in [1.82, 2.24) is 15.5 Å². The molecule has 1 heterocycles. The molecule has 32 heavy (non-hydrogen) atoms. The van der Waals surface area contributed by atoms with Gasteiger partial charge in [0.15, 0.2) is 0 Å². The number of likely N-dealkylation sites (tertiary alicyclic amines) is 1. The number of fused-ring (bicyclic) bond motifs is 1. The van der Waals surface area contributed by atoms with Gasteiger partial charge in [-0.3, -0.25) is 9.69 Å². The molecule has 3 aromatic rings. The first-order valence-corrected chi connectivity index (χ1v) is 10.9. The molecule has 2 atom stereocenters. The SMILES string of the molecule is CNC(=O)[C@@H]1C[C@H](NCc2ccc(C(=O)OC)cc2)CN1Cc1cccc2ccccc12. The highest BCUT2D eigenvalue weighted by molar-refractivity contribution is 5.89. The van der Waals surface area contributed by atoms with E-state index < -0.39 is 0 Å². The predicted octanol–water partition coefficient (Wildman–Crippen LogP) is 3.11. The number of esters is 1. The molecule has 6 nitrogen and oxygen atoms in total. The Hall–Kier alpha value is -3.22. The molecular weight excluding hydrogens is 402 g/mol. The van der Waals surface area contributed by atoms with E-state index in [0.717, 1.165) is 25.1 Å². The molecule has 1 saturated heterocycles. The molecule has 0 unspecified atom stereocenters. The minimum Gasteiger partial charge on any atom is -0.465 e. The van der Waals surface area contributed by atoms with Gasteiger partial charge in [0.05, 0.1) is 18.7 Å². The Balaban J connectivity index is 1.44. The van der Waals surface area contributed by atoms with Gasteiger partial charge in [-0.25, -0.2) is 4.79 Å². The minimum absolute atomic E-state index is 0.0527. The van der Waals surface area contributed by atoms with Crippen molar-refractivity contribution in [2.75, 3.05) is 20.7 Å². The first-order valence-electron chi connectivity index (χ1n) is 10.9. The molecule has 0 aliphatic carbocycles. The fourth-order valence-electron chi connectivity index (χ4n) is 4.45. The van der Waals surface area contributed by atoms with Crippen molar-refractivity contribution in [3.05, 3.63) is 83.4 Å². The lowest BCUT2D eigenvalue weighted by Crippen LogP contribution is -2.41. The average Bonchev–Trinajstić information content (AvgIpc) is 3.25. The number of nitrogens with zero attached hydrogens (tertiary/aromatic N) is 1. The number of nitrogens with one attached hydrogen (secondary N) is 2. The molecule has 0 bridgehead atoms. The van der Waals surface area contributed by atoms with Gasteiger partial charge >= 0.3 is 5.97 Å². The van der Waals surface area contributed by atoms with Crippen molar-refractivity contribution in [1.29, 1.82) is 0 Å². The van der Waals surface area contributed by atoms with Gasteiger partial charge in [0.1, 0.15) is 0 Å². The van der Waals surface area contributed by atoms with E-state index in [9.17, 15) is 9.59 Å². The van der Waals surface area contributed by atoms with Gasteiger partial charge in [0.25, 0.3) is 0 Å². The van der Waals surface area contributed by atoms with Crippen LogP contribution in [0.2, 0.25) is 0 Å². The van der Waals surface area contributed by atoms with Gasteiger partial charge in [-0.1, -0.05) is 54.6 Å². The van der Waals surface area contributed by atoms with Crippen molar-refractivity contribution in [3.8, 4) is 0 Å². The van der Waals surface area contributed by atoms with Crippen LogP contribution >= 0.6 is 0 Å². The van der Waals surface area contributed by atoms with Crippen LogP contribution in [0.25, 0.3) is 10.8 Å². The fraction of sp³-hybridized carbons (Fsp3) is 0.308. The summed E-state index contributed by atoms with van der Waals surface area (Å²) in [6.45, 7) is 2.20. The van der Waals surface area contributed by atoms with E-state index in [0.29, 0.717) is 12.1 Å². The number of carbonyl (C=O) groups excluding carboxylic acids is 2. The van der Waals surface area contributed by atoms with Crippen LogP contribution in [0.3, 0.4) is 0 Å². The third kappa shape index (κ3) is 4.82. The van der Waals surface area contributed by atoms with E-state index in [2.05, 4.69) is 51.9 Å². The topological polar surface area (TPSA) is 70.7 Å². The van der Waals surface area contributed by atoms with E-state index in [1.165, 1.54) is 23.4 Å². The van der Waals surface area contributed by atoms with Gasteiger partial charge < -0.3 is 15.4 Å². The number of likely N-dealkylation sites (N-methyl/N-ethyl adjacent to an activating group) is 1. The van der Waals surface area contributed by atoms with E-state index in [4.69, 9.17) is 4.74 Å². The normalized spacial score (nSPS) is 18.6. The molecule has 166 valence electrons. The second-order valence-corrected chi connectivity index (χ2v) is 8.20. The van der Waals surface area contributed by atoms with Crippen molar-refractivity contribution < 1.29 is 14.3 Å². The van der Waals surface area contributed by atoms with Gasteiger partial charge in [-0.15, -0.1) is 0 Å². The molecule has 1 aliphatic heterocycles. The Morgan fingerprint density at radius 2 is 1.78 bits per heavy atom. The number of benzene rings is 3. The molecule has 1 amide bonds. The number of hydrogen-bond donors (Lipinski definition) is 2. The molecule has 2 N–H and O–H groups in total. The van der Waals surface area contributed by atoms with Crippen molar-refractivity contribution in [2.45, 2.75) is 31.6 Å². The summed E-state index contributed by atoms with van der Waals surface area (Å²) in [7, 11) is 3.08. The highest BCUT2D eigenvalue weighted by Crippen LogP contribution is 2.25. The highest BCUT2D eigenvalue weighted by Gasteiger charge is 2.36. The summed E-state index contributed by atoms with van der Waals surface area (Å²) in [5, 5.41) is 8.85. The highest BCUT2D eigenvalue weighted by atomic mass is 16.5. The lowest BCUT2D eigenvalue weighted by Gasteiger charge is -2.23. The zero-order valence-electron chi connectivity index (χ0n) is 18.5. The Bertz CT molecular complexity index is 1090. The van der Waals surface area contributed by atoms with Crippen LogP contribution in [-0.2, 0) is 22.6 Å². The number of amides is 1. The summed E-state index contributed by atoms with van der Waals surface area (Å²) in [6.07, 6.45) is 0.755. The number of hydrogen-bond acceptors (Lipinski definition) is 5. The third-order valence-electron chi connectivity index (χ3n) is 6.18. The summed E-state index contributed by atoms with van der Waals surface area (Å²) >= 11 is 0. The second kappa shape index (κ2) is 9.94. The fourth-order valence-corrected chi connectivity index (χ4v) is 4.45. The van der Waals surface area contributed by atoms with Crippen LogP contribution < -0.4 is 10.6 Å². The van der Waals surface area contributed by atoms with Crippen LogP contribution in [0.5, 0.6) is 0 Å². The lowest BCUT2D eigenvalue weighted by molar-refractivity contribution is -0.125. The van der Waals surface area contributed by atoms with Crippen LogP contribution in [0, 0.1) is 0 Å². The molecule has 1 aliphatic rings. The average molecular weight is 432 g/mol. The Labute approximate surface area is 188 Å². The molecule has 0 aromatic heterocycles. The zero-order chi connectivity index (χ0) is 22.5. The maximum atomic E-state index is 12.6. The minimum atomic E-state index is -0.335. The van der Waals surface area contributed by atoms with E-state index in [1.54, 1.807) is 19.2 Å².